The monoisotopic (exact) mass is 222 g/mol. The molecule has 0 aliphatic carbocycles. The number of hydrogen-bond donors (Lipinski definition) is 0. The van der Waals surface area contributed by atoms with Gasteiger partial charge in [-0.3, -0.25) is 4.79 Å². The fourth-order valence-electron chi connectivity index (χ4n) is 1.18. The third-order valence-electron chi connectivity index (χ3n) is 2.24. The Balaban J connectivity index is 2.52. The van der Waals surface area contributed by atoms with E-state index in [2.05, 4.69) is 4.74 Å². The van der Waals surface area contributed by atoms with Gasteiger partial charge in [0.25, 0.3) is 6.47 Å². The van der Waals surface area contributed by atoms with E-state index >= 15 is 0 Å². The van der Waals surface area contributed by atoms with Gasteiger partial charge in [-0.1, -0.05) is 6.07 Å². The second-order valence-electron chi connectivity index (χ2n) is 3.40. The van der Waals surface area contributed by atoms with Crippen molar-refractivity contribution in [1.82, 2.24) is 0 Å². The zero-order chi connectivity index (χ0) is 12.0. The van der Waals surface area contributed by atoms with Gasteiger partial charge in [0.15, 0.2) is 0 Å². The van der Waals surface area contributed by atoms with Crippen LogP contribution in [0.2, 0.25) is 0 Å². The second kappa shape index (κ2) is 5.90. The summed E-state index contributed by atoms with van der Waals surface area (Å²) in [5.41, 5.74) is 2.67. The first-order valence-electron chi connectivity index (χ1n) is 4.95. The molecule has 86 valence electrons. The Morgan fingerprint density at radius 3 is 2.62 bits per heavy atom. The lowest BCUT2D eigenvalue weighted by Gasteiger charge is -2.06. The highest BCUT2D eigenvalue weighted by atomic mass is 16.6. The van der Waals surface area contributed by atoms with Gasteiger partial charge in [-0.15, -0.1) is 0 Å². The first-order valence-corrected chi connectivity index (χ1v) is 4.95. The highest BCUT2D eigenvalue weighted by Gasteiger charge is 2.07. The largest absolute Gasteiger partial charge is 0.464 e. The summed E-state index contributed by atoms with van der Waals surface area (Å²) in [6.45, 7) is 4.39. The molecule has 0 unspecified atom stereocenters. The molecular weight excluding hydrogens is 208 g/mol. The van der Waals surface area contributed by atoms with Gasteiger partial charge in [0.05, 0.1) is 5.56 Å². The Labute approximate surface area is 94.2 Å². The van der Waals surface area contributed by atoms with E-state index in [9.17, 15) is 9.59 Å². The van der Waals surface area contributed by atoms with E-state index in [-0.39, 0.29) is 13.2 Å². The van der Waals surface area contributed by atoms with Crippen LogP contribution in [0.3, 0.4) is 0 Å². The number of ether oxygens (including phenoxy) is 2. The molecule has 0 amide bonds. The van der Waals surface area contributed by atoms with Crippen LogP contribution in [0.4, 0.5) is 0 Å². The van der Waals surface area contributed by atoms with Crippen molar-refractivity contribution in [3.8, 4) is 0 Å². The molecule has 1 rings (SSSR count). The van der Waals surface area contributed by atoms with E-state index in [1.54, 1.807) is 12.1 Å². The molecule has 0 heterocycles. The minimum atomic E-state index is -0.405. The van der Waals surface area contributed by atoms with E-state index in [1.165, 1.54) is 0 Å². The second-order valence-corrected chi connectivity index (χ2v) is 3.40. The van der Waals surface area contributed by atoms with E-state index < -0.39 is 5.97 Å². The van der Waals surface area contributed by atoms with Gasteiger partial charge in [-0.2, -0.15) is 0 Å². The molecule has 1 aromatic rings. The first kappa shape index (κ1) is 12.2. The maximum Gasteiger partial charge on any atom is 0.338 e. The summed E-state index contributed by atoms with van der Waals surface area (Å²) in [7, 11) is 0. The van der Waals surface area contributed by atoms with Gasteiger partial charge < -0.3 is 9.47 Å². The molecule has 0 fully saturated rings. The standard InChI is InChI=1S/C12H14O4/c1-9-3-4-11(7-10(9)2)12(14)16-6-5-15-8-13/h3-4,7-8H,5-6H2,1-2H3. The van der Waals surface area contributed by atoms with E-state index in [0.29, 0.717) is 12.0 Å². The van der Waals surface area contributed by atoms with Crippen LogP contribution in [0.5, 0.6) is 0 Å². The van der Waals surface area contributed by atoms with Crippen molar-refractivity contribution in [2.45, 2.75) is 13.8 Å². The van der Waals surface area contributed by atoms with E-state index in [1.807, 2.05) is 19.9 Å². The molecule has 1 aromatic carbocycles. The average Bonchev–Trinajstić information content (AvgIpc) is 2.28. The molecular formula is C12H14O4. The van der Waals surface area contributed by atoms with E-state index in [0.717, 1.165) is 11.1 Å². The maximum atomic E-state index is 11.5. The maximum absolute atomic E-state index is 11.5. The van der Waals surface area contributed by atoms with Gasteiger partial charge in [-0.05, 0) is 37.1 Å². The zero-order valence-corrected chi connectivity index (χ0v) is 9.36. The third kappa shape index (κ3) is 3.38. The number of aryl methyl sites for hydroxylation is 2. The normalized spacial score (nSPS) is 9.62. The fourth-order valence-corrected chi connectivity index (χ4v) is 1.18. The smallest absolute Gasteiger partial charge is 0.338 e. The summed E-state index contributed by atoms with van der Waals surface area (Å²) >= 11 is 0. The quantitative estimate of drug-likeness (QED) is 0.431. The first-order chi connectivity index (χ1) is 7.65. The van der Waals surface area contributed by atoms with Crippen molar-refractivity contribution in [3.63, 3.8) is 0 Å². The van der Waals surface area contributed by atoms with Crippen molar-refractivity contribution >= 4 is 12.4 Å². The molecule has 0 atom stereocenters. The van der Waals surface area contributed by atoms with Crippen LogP contribution < -0.4 is 0 Å². The van der Waals surface area contributed by atoms with Crippen molar-refractivity contribution in [2.75, 3.05) is 13.2 Å². The molecule has 0 aromatic heterocycles. The minimum absolute atomic E-state index is 0.0739. The Bertz CT molecular complexity index is 385. The highest BCUT2D eigenvalue weighted by Crippen LogP contribution is 2.10. The molecule has 0 aliphatic heterocycles. The summed E-state index contributed by atoms with van der Waals surface area (Å²) in [5, 5.41) is 0. The van der Waals surface area contributed by atoms with Crippen molar-refractivity contribution in [2.24, 2.45) is 0 Å². The molecule has 4 heteroatoms. The molecule has 0 aliphatic rings. The van der Waals surface area contributed by atoms with Crippen LogP contribution in [0.15, 0.2) is 18.2 Å². The fraction of sp³-hybridized carbons (Fsp3) is 0.333. The highest BCUT2D eigenvalue weighted by molar-refractivity contribution is 5.89. The van der Waals surface area contributed by atoms with Gasteiger partial charge in [0.2, 0.25) is 0 Å². The zero-order valence-electron chi connectivity index (χ0n) is 9.36. The molecule has 0 saturated carbocycles. The molecule has 16 heavy (non-hydrogen) atoms. The summed E-state index contributed by atoms with van der Waals surface area (Å²) in [6.07, 6.45) is 0. The van der Waals surface area contributed by atoms with Crippen LogP contribution in [0, 0.1) is 13.8 Å². The van der Waals surface area contributed by atoms with Gasteiger partial charge in [0.1, 0.15) is 13.2 Å². The SMILES string of the molecule is Cc1ccc(C(=O)OCCOC=O)cc1C. The predicted molar refractivity (Wildman–Crippen MR) is 58.2 cm³/mol. The lowest BCUT2D eigenvalue weighted by atomic mass is 10.1. The lowest BCUT2D eigenvalue weighted by Crippen LogP contribution is -2.10. The van der Waals surface area contributed by atoms with Crippen LogP contribution in [0.1, 0.15) is 21.5 Å². The number of hydrogen-bond acceptors (Lipinski definition) is 4. The Hall–Kier alpha value is -1.84. The van der Waals surface area contributed by atoms with Crippen LogP contribution in [-0.2, 0) is 14.3 Å². The van der Waals surface area contributed by atoms with E-state index in [4.69, 9.17) is 4.74 Å². The summed E-state index contributed by atoms with van der Waals surface area (Å²) < 4.78 is 9.31. The molecule has 0 saturated heterocycles. The summed E-state index contributed by atoms with van der Waals surface area (Å²) in [5.74, 6) is -0.405. The van der Waals surface area contributed by atoms with Crippen molar-refractivity contribution < 1.29 is 19.1 Å². The number of carbonyl (C=O) groups is 2. The van der Waals surface area contributed by atoms with Crippen molar-refractivity contribution in [1.29, 1.82) is 0 Å². The molecule has 0 N–H and O–H groups in total. The lowest BCUT2D eigenvalue weighted by molar-refractivity contribution is -0.129. The average molecular weight is 222 g/mol. The third-order valence-corrected chi connectivity index (χ3v) is 2.24. The molecule has 0 radical (unpaired) electrons. The predicted octanol–water partition coefficient (Wildman–Crippen LogP) is 1.63. The van der Waals surface area contributed by atoms with Crippen LogP contribution >= 0.6 is 0 Å². The molecule has 0 bridgehead atoms. The number of carbonyl (C=O) groups excluding carboxylic acids is 2. The Kier molecular flexibility index (Phi) is 4.51. The van der Waals surface area contributed by atoms with Crippen molar-refractivity contribution in [3.05, 3.63) is 34.9 Å². The number of benzene rings is 1. The minimum Gasteiger partial charge on any atom is -0.464 e. The number of esters is 1. The van der Waals surface area contributed by atoms with Crippen LogP contribution in [-0.4, -0.2) is 25.7 Å². The van der Waals surface area contributed by atoms with Gasteiger partial charge in [0, 0.05) is 0 Å². The Morgan fingerprint density at radius 2 is 2.00 bits per heavy atom. The summed E-state index contributed by atoms with van der Waals surface area (Å²) in [6, 6.07) is 5.36. The Morgan fingerprint density at radius 1 is 1.25 bits per heavy atom. The van der Waals surface area contributed by atoms with Gasteiger partial charge in [-0.25, -0.2) is 4.79 Å². The van der Waals surface area contributed by atoms with Crippen LogP contribution in [0.25, 0.3) is 0 Å². The van der Waals surface area contributed by atoms with Gasteiger partial charge >= 0.3 is 5.97 Å². The molecule has 0 spiro atoms. The molecule has 4 nitrogen and oxygen atoms in total. The number of rotatable bonds is 5. The topological polar surface area (TPSA) is 52.6 Å². The summed E-state index contributed by atoms with van der Waals surface area (Å²) in [4.78, 5) is 21.3.